The van der Waals surface area contributed by atoms with Crippen LogP contribution in [0.2, 0.25) is 0 Å². The molecule has 1 aliphatic carbocycles. The van der Waals surface area contributed by atoms with E-state index in [1.807, 2.05) is 17.0 Å². The molecular weight excluding hydrogens is 282 g/mol. The predicted octanol–water partition coefficient (Wildman–Crippen LogP) is 1.86. The van der Waals surface area contributed by atoms with Crippen molar-refractivity contribution in [1.29, 1.82) is 0 Å². The maximum absolute atomic E-state index is 12.5. The number of piperidine rings is 1. The highest BCUT2D eigenvalue weighted by Gasteiger charge is 2.51. The molecule has 0 aromatic heterocycles. The van der Waals surface area contributed by atoms with Crippen LogP contribution in [0.4, 0.5) is 0 Å². The van der Waals surface area contributed by atoms with Gasteiger partial charge in [0.1, 0.15) is 0 Å². The molecule has 5 nitrogen and oxygen atoms in total. The third-order valence-corrected chi connectivity index (χ3v) is 4.95. The van der Waals surface area contributed by atoms with Crippen LogP contribution < -0.4 is 0 Å². The normalized spacial score (nSPS) is 23.1. The van der Waals surface area contributed by atoms with Crippen LogP contribution in [-0.2, 0) is 4.79 Å². The molecule has 0 bridgehead atoms. The van der Waals surface area contributed by atoms with Gasteiger partial charge in [0.25, 0.3) is 0 Å². The van der Waals surface area contributed by atoms with Crippen molar-refractivity contribution in [2.75, 3.05) is 19.7 Å². The highest BCUT2D eigenvalue weighted by Crippen LogP contribution is 2.47. The van der Waals surface area contributed by atoms with E-state index in [0.717, 1.165) is 37.8 Å². The van der Waals surface area contributed by atoms with Gasteiger partial charge in [-0.3, -0.25) is 4.79 Å². The molecule has 0 spiro atoms. The zero-order valence-corrected chi connectivity index (χ0v) is 12.5. The Morgan fingerprint density at radius 1 is 1.23 bits per heavy atom. The molecule has 1 saturated heterocycles. The van der Waals surface area contributed by atoms with Crippen molar-refractivity contribution in [3.8, 4) is 0 Å². The van der Waals surface area contributed by atoms with Crippen LogP contribution in [0.15, 0.2) is 24.3 Å². The van der Waals surface area contributed by atoms with E-state index < -0.39 is 11.4 Å². The monoisotopic (exact) mass is 303 g/mol. The number of likely N-dealkylation sites (tertiary alicyclic amines) is 1. The van der Waals surface area contributed by atoms with E-state index in [1.54, 1.807) is 12.1 Å². The molecule has 1 saturated carbocycles. The molecule has 1 amide bonds. The SMILES string of the molecule is O=C(O)c1ccc([C@H]2CCCN(C(=O)C3(CO)CC3)C2)cc1. The average Bonchev–Trinajstić information content (AvgIpc) is 3.35. The number of nitrogens with zero attached hydrogens (tertiary/aromatic N) is 1. The fraction of sp³-hybridized carbons (Fsp3) is 0.529. The number of hydrogen-bond acceptors (Lipinski definition) is 3. The Hall–Kier alpha value is -1.88. The Kier molecular flexibility index (Phi) is 3.91. The van der Waals surface area contributed by atoms with E-state index in [1.165, 1.54) is 0 Å². The highest BCUT2D eigenvalue weighted by molar-refractivity contribution is 5.87. The van der Waals surface area contributed by atoms with Gasteiger partial charge in [0, 0.05) is 19.0 Å². The lowest BCUT2D eigenvalue weighted by Crippen LogP contribution is -2.44. The number of carbonyl (C=O) groups is 2. The summed E-state index contributed by atoms with van der Waals surface area (Å²) in [5.41, 5.74) is 0.857. The van der Waals surface area contributed by atoms with Crippen LogP contribution in [0.1, 0.15) is 47.5 Å². The third kappa shape index (κ3) is 2.73. The molecule has 22 heavy (non-hydrogen) atoms. The van der Waals surface area contributed by atoms with E-state index in [9.17, 15) is 14.7 Å². The summed E-state index contributed by atoms with van der Waals surface area (Å²) in [6.07, 6.45) is 3.52. The number of rotatable bonds is 4. The van der Waals surface area contributed by atoms with Crippen molar-refractivity contribution in [2.45, 2.75) is 31.6 Å². The molecule has 5 heteroatoms. The van der Waals surface area contributed by atoms with Gasteiger partial charge in [0.15, 0.2) is 0 Å². The quantitative estimate of drug-likeness (QED) is 0.890. The summed E-state index contributed by atoms with van der Waals surface area (Å²) in [6, 6.07) is 6.94. The molecule has 1 atom stereocenters. The maximum atomic E-state index is 12.5. The fourth-order valence-electron chi connectivity index (χ4n) is 3.26. The second-order valence-electron chi connectivity index (χ2n) is 6.46. The maximum Gasteiger partial charge on any atom is 0.335 e. The minimum atomic E-state index is -0.925. The first-order chi connectivity index (χ1) is 10.6. The van der Waals surface area contributed by atoms with Gasteiger partial charge in [-0.05, 0) is 43.4 Å². The zero-order valence-electron chi connectivity index (χ0n) is 12.5. The summed E-state index contributed by atoms with van der Waals surface area (Å²) < 4.78 is 0. The lowest BCUT2D eigenvalue weighted by Gasteiger charge is -2.35. The van der Waals surface area contributed by atoms with Crippen LogP contribution >= 0.6 is 0 Å². The molecule has 118 valence electrons. The predicted molar refractivity (Wildman–Crippen MR) is 80.7 cm³/mol. The second kappa shape index (κ2) is 5.72. The molecule has 1 aromatic carbocycles. The fourth-order valence-corrected chi connectivity index (χ4v) is 3.26. The molecule has 2 N–H and O–H groups in total. The van der Waals surface area contributed by atoms with Crippen molar-refractivity contribution < 1.29 is 19.8 Å². The summed E-state index contributed by atoms with van der Waals surface area (Å²) in [4.78, 5) is 25.3. The van der Waals surface area contributed by atoms with Crippen LogP contribution in [0.3, 0.4) is 0 Å². The lowest BCUT2D eigenvalue weighted by molar-refractivity contribution is -0.139. The first-order valence-corrected chi connectivity index (χ1v) is 7.79. The Morgan fingerprint density at radius 2 is 1.91 bits per heavy atom. The Morgan fingerprint density at radius 3 is 2.45 bits per heavy atom. The number of aromatic carboxylic acids is 1. The van der Waals surface area contributed by atoms with Crippen molar-refractivity contribution >= 4 is 11.9 Å². The van der Waals surface area contributed by atoms with Gasteiger partial charge >= 0.3 is 5.97 Å². The van der Waals surface area contributed by atoms with Gasteiger partial charge in [0.05, 0.1) is 17.6 Å². The van der Waals surface area contributed by atoms with Crippen molar-refractivity contribution in [1.82, 2.24) is 4.90 Å². The smallest absolute Gasteiger partial charge is 0.335 e. The second-order valence-corrected chi connectivity index (χ2v) is 6.46. The molecule has 0 unspecified atom stereocenters. The number of carbonyl (C=O) groups excluding carboxylic acids is 1. The lowest BCUT2D eigenvalue weighted by atomic mass is 9.89. The summed E-state index contributed by atoms with van der Waals surface area (Å²) >= 11 is 0. The van der Waals surface area contributed by atoms with Crippen LogP contribution in [-0.4, -0.2) is 46.7 Å². The van der Waals surface area contributed by atoms with Gasteiger partial charge in [-0.15, -0.1) is 0 Å². The summed E-state index contributed by atoms with van der Waals surface area (Å²) in [6.45, 7) is 1.36. The minimum absolute atomic E-state index is 0.0552. The van der Waals surface area contributed by atoms with Crippen LogP contribution in [0.25, 0.3) is 0 Å². The Bertz CT molecular complexity index is 577. The van der Waals surface area contributed by atoms with E-state index in [-0.39, 0.29) is 24.0 Å². The van der Waals surface area contributed by atoms with Gasteiger partial charge in [-0.2, -0.15) is 0 Å². The standard InChI is InChI=1S/C17H21NO4/c19-11-17(7-8-17)16(22)18-9-1-2-14(10-18)12-3-5-13(6-4-12)15(20)21/h3-6,14,19H,1-2,7-11H2,(H,20,21)/t14-/m0/s1. The minimum Gasteiger partial charge on any atom is -0.478 e. The van der Waals surface area contributed by atoms with Gasteiger partial charge in [-0.1, -0.05) is 12.1 Å². The Balaban J connectivity index is 1.70. The molecule has 1 aliphatic heterocycles. The van der Waals surface area contributed by atoms with Gasteiger partial charge in [-0.25, -0.2) is 4.79 Å². The average molecular weight is 303 g/mol. The molecule has 2 fully saturated rings. The number of amides is 1. The van der Waals surface area contributed by atoms with E-state index in [2.05, 4.69) is 0 Å². The number of aliphatic hydroxyl groups is 1. The summed E-state index contributed by atoms with van der Waals surface area (Å²) in [5.74, 6) is -0.595. The first kappa shape index (κ1) is 15.0. The van der Waals surface area contributed by atoms with Crippen molar-refractivity contribution in [3.63, 3.8) is 0 Å². The van der Waals surface area contributed by atoms with Crippen LogP contribution in [0.5, 0.6) is 0 Å². The van der Waals surface area contributed by atoms with E-state index in [0.29, 0.717) is 6.54 Å². The number of aliphatic hydroxyl groups excluding tert-OH is 1. The number of hydrogen-bond donors (Lipinski definition) is 2. The van der Waals surface area contributed by atoms with Crippen LogP contribution in [0, 0.1) is 5.41 Å². The van der Waals surface area contributed by atoms with Gasteiger partial charge < -0.3 is 15.1 Å². The number of carboxylic acids is 1. The number of benzene rings is 1. The Labute approximate surface area is 129 Å². The van der Waals surface area contributed by atoms with E-state index in [4.69, 9.17) is 5.11 Å². The van der Waals surface area contributed by atoms with Gasteiger partial charge in [0.2, 0.25) is 5.91 Å². The molecule has 0 radical (unpaired) electrons. The zero-order chi connectivity index (χ0) is 15.7. The third-order valence-electron chi connectivity index (χ3n) is 4.95. The molecule has 2 aliphatic rings. The molecule has 1 aromatic rings. The molecular formula is C17H21NO4. The van der Waals surface area contributed by atoms with Crippen molar-refractivity contribution in [2.24, 2.45) is 5.41 Å². The summed E-state index contributed by atoms with van der Waals surface area (Å²) in [5, 5.41) is 18.4. The molecule has 1 heterocycles. The highest BCUT2D eigenvalue weighted by atomic mass is 16.4. The molecule has 3 rings (SSSR count). The first-order valence-electron chi connectivity index (χ1n) is 7.79. The topological polar surface area (TPSA) is 77.8 Å². The van der Waals surface area contributed by atoms with Crippen molar-refractivity contribution in [3.05, 3.63) is 35.4 Å². The number of carboxylic acid groups (broad SMARTS) is 1. The summed E-state index contributed by atoms with van der Waals surface area (Å²) in [7, 11) is 0. The largest absolute Gasteiger partial charge is 0.478 e. The van der Waals surface area contributed by atoms with E-state index >= 15 is 0 Å².